The van der Waals surface area contributed by atoms with Crippen molar-refractivity contribution in [2.24, 2.45) is 20.6 Å². The van der Waals surface area contributed by atoms with Gasteiger partial charge >= 0.3 is 0 Å². The highest BCUT2D eigenvalue weighted by molar-refractivity contribution is 7.86. The van der Waals surface area contributed by atoms with Crippen LogP contribution in [0.15, 0.2) is 67.9 Å². The van der Waals surface area contributed by atoms with Crippen LogP contribution in [0, 0.1) is 10.1 Å². The van der Waals surface area contributed by atoms with E-state index in [1.54, 1.807) is 12.1 Å². The second kappa shape index (κ2) is 6.57. The Morgan fingerprint density at radius 3 is 2.59 bits per heavy atom. The third-order valence-corrected chi connectivity index (χ3v) is 5.00. The van der Waals surface area contributed by atoms with Crippen molar-refractivity contribution in [1.29, 1.82) is 0 Å². The van der Waals surface area contributed by atoms with E-state index in [4.69, 9.17) is 0 Å². The maximum Gasteiger partial charge on any atom is 0.295 e. The Labute approximate surface area is 162 Å². The third kappa shape index (κ3) is 3.24. The van der Waals surface area contributed by atoms with Gasteiger partial charge in [-0.2, -0.15) is 8.42 Å². The summed E-state index contributed by atoms with van der Waals surface area (Å²) >= 11 is 0. The largest absolute Gasteiger partial charge is 0.506 e. The van der Waals surface area contributed by atoms with Crippen LogP contribution in [0.3, 0.4) is 0 Å². The second-order valence-corrected chi connectivity index (χ2v) is 7.28. The number of aromatic hydroxyl groups is 1. The quantitative estimate of drug-likeness (QED) is 0.242. The van der Waals surface area contributed by atoms with Crippen molar-refractivity contribution < 1.29 is 23.0 Å². The van der Waals surface area contributed by atoms with Crippen molar-refractivity contribution in [3.05, 3.63) is 52.6 Å². The van der Waals surface area contributed by atoms with E-state index in [0.29, 0.717) is 11.1 Å². The van der Waals surface area contributed by atoms with Gasteiger partial charge in [-0.3, -0.25) is 20.1 Å². The number of nitrogens with one attached hydrogen (secondary N) is 1. The summed E-state index contributed by atoms with van der Waals surface area (Å²) in [6.07, 6.45) is 0. The third-order valence-electron chi connectivity index (χ3n) is 4.11. The Morgan fingerprint density at radius 2 is 1.86 bits per heavy atom. The van der Waals surface area contributed by atoms with Crippen LogP contribution in [0.1, 0.15) is 0 Å². The van der Waals surface area contributed by atoms with Gasteiger partial charge in [0, 0.05) is 22.9 Å². The number of hydrogen-bond donors (Lipinski definition) is 3. The predicted octanol–water partition coefficient (Wildman–Crippen LogP) is 4.54. The summed E-state index contributed by atoms with van der Waals surface area (Å²) in [5.74, 6) is -0.368. The first-order chi connectivity index (χ1) is 13.8. The Kier molecular flexibility index (Phi) is 4.17. The Morgan fingerprint density at radius 1 is 1.10 bits per heavy atom. The molecular weight excluding hydrogens is 404 g/mol. The topological polar surface area (TPSA) is 179 Å². The Hall–Kier alpha value is -3.97. The first kappa shape index (κ1) is 18.4. The lowest BCUT2D eigenvalue weighted by atomic mass is 10.1. The minimum atomic E-state index is -4.62. The molecule has 0 saturated heterocycles. The number of rotatable bonds is 4. The van der Waals surface area contributed by atoms with E-state index >= 15 is 0 Å². The maximum atomic E-state index is 11.9. The van der Waals surface area contributed by atoms with E-state index in [0.717, 1.165) is 24.3 Å². The van der Waals surface area contributed by atoms with Crippen LogP contribution >= 0.6 is 0 Å². The molecule has 0 spiro atoms. The minimum absolute atomic E-state index is 0.0752. The molecule has 12 nitrogen and oxygen atoms in total. The van der Waals surface area contributed by atoms with Crippen molar-refractivity contribution in [3.63, 3.8) is 0 Å². The van der Waals surface area contributed by atoms with Crippen LogP contribution in [0.4, 0.5) is 28.4 Å². The van der Waals surface area contributed by atoms with Gasteiger partial charge in [-0.05, 0) is 18.2 Å². The highest BCUT2D eigenvalue weighted by Gasteiger charge is 2.23. The fourth-order valence-electron chi connectivity index (χ4n) is 2.84. The molecule has 3 aromatic rings. The normalized spacial score (nSPS) is 13.0. The molecule has 0 amide bonds. The summed E-state index contributed by atoms with van der Waals surface area (Å²) in [5, 5.41) is 36.6. The maximum absolute atomic E-state index is 11.9. The number of azo groups is 1. The van der Waals surface area contributed by atoms with Crippen LogP contribution in [0.2, 0.25) is 0 Å². The molecule has 1 aliphatic rings. The van der Waals surface area contributed by atoms with Gasteiger partial charge in [0.15, 0.2) is 0 Å². The molecule has 146 valence electrons. The Balaban J connectivity index is 1.95. The lowest BCUT2D eigenvalue weighted by Crippen LogP contribution is -2.01. The van der Waals surface area contributed by atoms with Crippen molar-refractivity contribution in [3.8, 4) is 5.75 Å². The van der Waals surface area contributed by atoms with Crippen molar-refractivity contribution >= 4 is 49.3 Å². The standard InChI is InChI=1S/C16H10N6O6S/c23-13-5-4-8(22(24)25)6-11(13)17-18-12-7-14(29(26,27)28)9-2-1-3-10-15(9)16(12)20-21-19-10/h1-7,23H,(H,19,20)(H,26,27,28). The van der Waals surface area contributed by atoms with E-state index in [-0.39, 0.29) is 33.9 Å². The summed E-state index contributed by atoms with van der Waals surface area (Å²) in [4.78, 5) is 9.82. The number of anilines is 1. The number of non-ortho nitro benzene ring substituents is 1. The van der Waals surface area contributed by atoms with Crippen LogP contribution in [0.25, 0.3) is 10.8 Å². The van der Waals surface area contributed by atoms with Gasteiger partial charge in [0.25, 0.3) is 15.8 Å². The number of nitrogens with zero attached hydrogens (tertiary/aromatic N) is 5. The fraction of sp³-hybridized carbons (Fsp3) is 0. The SMILES string of the molecule is O=[N+]([O-])c1ccc(O)c(N=Nc2cc(S(=O)(=O)O)c3cccc4c3c2N=NN4)c1. The van der Waals surface area contributed by atoms with Gasteiger partial charge in [-0.15, -0.1) is 15.3 Å². The molecule has 0 saturated carbocycles. The average Bonchev–Trinajstić information content (AvgIpc) is 2.67. The molecule has 0 unspecified atom stereocenters. The summed E-state index contributed by atoms with van der Waals surface area (Å²) in [6.45, 7) is 0. The highest BCUT2D eigenvalue weighted by atomic mass is 32.2. The molecule has 0 bridgehead atoms. The minimum Gasteiger partial charge on any atom is -0.506 e. The molecule has 0 fully saturated rings. The highest BCUT2D eigenvalue weighted by Crippen LogP contribution is 2.46. The summed E-state index contributed by atoms with van der Waals surface area (Å²) in [6, 6.07) is 8.93. The number of phenols is 1. The number of nitro groups is 1. The molecule has 0 atom stereocenters. The second-order valence-electron chi connectivity index (χ2n) is 5.89. The molecule has 1 aliphatic heterocycles. The summed E-state index contributed by atoms with van der Waals surface area (Å²) in [7, 11) is -4.62. The van der Waals surface area contributed by atoms with Crippen LogP contribution in [-0.4, -0.2) is 23.0 Å². The molecule has 0 aromatic heterocycles. The number of phenolic OH excluding ortho intramolecular Hbond substituents is 1. The zero-order valence-electron chi connectivity index (χ0n) is 14.2. The van der Waals surface area contributed by atoms with Gasteiger partial charge in [0.2, 0.25) is 0 Å². The lowest BCUT2D eigenvalue weighted by Gasteiger charge is -2.15. The fourth-order valence-corrected chi connectivity index (χ4v) is 3.55. The van der Waals surface area contributed by atoms with Gasteiger partial charge in [0.05, 0.1) is 10.6 Å². The van der Waals surface area contributed by atoms with E-state index in [1.165, 1.54) is 6.07 Å². The molecule has 29 heavy (non-hydrogen) atoms. The average molecular weight is 414 g/mol. The van der Waals surface area contributed by atoms with Crippen molar-refractivity contribution in [2.75, 3.05) is 5.43 Å². The van der Waals surface area contributed by atoms with Crippen LogP contribution < -0.4 is 5.43 Å². The molecule has 0 radical (unpaired) electrons. The van der Waals surface area contributed by atoms with E-state index in [9.17, 15) is 28.2 Å². The molecule has 3 aromatic carbocycles. The first-order valence-corrected chi connectivity index (χ1v) is 9.33. The molecule has 0 aliphatic carbocycles. The summed E-state index contributed by atoms with van der Waals surface area (Å²) in [5.41, 5.74) is 2.64. The van der Waals surface area contributed by atoms with Crippen LogP contribution in [0.5, 0.6) is 5.75 Å². The summed E-state index contributed by atoms with van der Waals surface area (Å²) < 4.78 is 33.4. The van der Waals surface area contributed by atoms with Crippen molar-refractivity contribution in [2.45, 2.75) is 4.90 Å². The molecular formula is C16H10N6O6S. The smallest absolute Gasteiger partial charge is 0.295 e. The zero-order valence-corrected chi connectivity index (χ0v) is 15.0. The number of nitro benzene ring substituents is 1. The van der Waals surface area contributed by atoms with Gasteiger partial charge in [-0.25, -0.2) is 0 Å². The monoisotopic (exact) mass is 414 g/mol. The Bertz CT molecular complexity index is 1350. The molecule has 1 heterocycles. The zero-order chi connectivity index (χ0) is 20.8. The number of hydrogen-bond acceptors (Lipinski definition) is 10. The molecule has 3 N–H and O–H groups in total. The molecule has 13 heteroatoms. The van der Waals surface area contributed by atoms with Crippen LogP contribution in [-0.2, 0) is 10.1 Å². The number of benzene rings is 3. The van der Waals surface area contributed by atoms with E-state index < -0.39 is 19.9 Å². The predicted molar refractivity (Wildman–Crippen MR) is 101 cm³/mol. The molecule has 4 rings (SSSR count). The lowest BCUT2D eigenvalue weighted by molar-refractivity contribution is -0.384. The van der Waals surface area contributed by atoms with Gasteiger partial charge < -0.3 is 5.11 Å². The first-order valence-electron chi connectivity index (χ1n) is 7.89. The van der Waals surface area contributed by atoms with E-state index in [2.05, 4.69) is 26.0 Å². The van der Waals surface area contributed by atoms with E-state index in [1.807, 2.05) is 0 Å². The van der Waals surface area contributed by atoms with Gasteiger partial charge in [0.1, 0.15) is 27.7 Å². The van der Waals surface area contributed by atoms with Gasteiger partial charge in [-0.1, -0.05) is 17.4 Å². The van der Waals surface area contributed by atoms with Crippen molar-refractivity contribution in [1.82, 2.24) is 0 Å².